The number of aromatic hydroxyl groups is 1. The number of carbonyl (C=O) groups excluding carboxylic acids is 1. The van der Waals surface area contributed by atoms with Gasteiger partial charge in [0.2, 0.25) is 5.43 Å². The predicted molar refractivity (Wildman–Crippen MR) is 87.8 cm³/mol. The van der Waals surface area contributed by atoms with Crippen LogP contribution in [0.5, 0.6) is 5.75 Å². The third-order valence-electron chi connectivity index (χ3n) is 4.86. The zero-order valence-corrected chi connectivity index (χ0v) is 13.8. The van der Waals surface area contributed by atoms with Gasteiger partial charge in [0.25, 0.3) is 5.91 Å². The fraction of sp³-hybridized carbons (Fsp3) is 0.375. The fourth-order valence-corrected chi connectivity index (χ4v) is 3.65. The van der Waals surface area contributed by atoms with Gasteiger partial charge in [-0.2, -0.15) is 0 Å². The Balaban J connectivity index is 1.75. The zero-order valence-electron chi connectivity index (χ0n) is 13.8. The highest BCUT2D eigenvalue weighted by atomic mass is 16.4. The van der Waals surface area contributed by atoms with Gasteiger partial charge in [0.1, 0.15) is 11.7 Å². The molecule has 0 aromatic carbocycles. The quantitative estimate of drug-likeness (QED) is 0.683. The van der Waals surface area contributed by atoms with Gasteiger partial charge in [-0.1, -0.05) is 0 Å². The van der Waals surface area contributed by atoms with Crippen LogP contribution in [0.15, 0.2) is 23.5 Å². The molecule has 1 amide bonds. The molecule has 0 radical (unpaired) electrons. The number of fused-ring (bicyclic) bond motifs is 2. The van der Waals surface area contributed by atoms with Crippen LogP contribution < -0.4 is 5.43 Å². The number of imidazole rings is 1. The Morgan fingerprint density at radius 1 is 1.35 bits per heavy atom. The number of hydrogen-bond acceptors (Lipinski definition) is 6. The number of rotatable bonds is 3. The molecule has 0 saturated carbocycles. The fourth-order valence-electron chi connectivity index (χ4n) is 3.65. The van der Waals surface area contributed by atoms with Crippen molar-refractivity contribution in [1.82, 2.24) is 24.3 Å². The Kier molecular flexibility index (Phi) is 3.76. The minimum absolute atomic E-state index is 0.153. The zero-order chi connectivity index (χ0) is 18.4. The highest BCUT2D eigenvalue weighted by Crippen LogP contribution is 2.28. The van der Waals surface area contributed by atoms with Gasteiger partial charge in [0, 0.05) is 37.7 Å². The minimum atomic E-state index is -1.44. The summed E-state index contributed by atoms with van der Waals surface area (Å²) < 4.78 is 1.37. The molecule has 1 fully saturated rings. The monoisotopic (exact) mass is 359 g/mol. The number of nitrogens with one attached hydrogen (secondary N) is 1. The molecule has 4 rings (SSSR count). The van der Waals surface area contributed by atoms with Crippen molar-refractivity contribution in [3.05, 3.63) is 45.9 Å². The van der Waals surface area contributed by atoms with Crippen LogP contribution in [-0.2, 0) is 13.1 Å². The molecule has 2 aliphatic rings. The third-order valence-corrected chi connectivity index (χ3v) is 4.86. The van der Waals surface area contributed by atoms with E-state index in [1.54, 1.807) is 17.4 Å². The lowest BCUT2D eigenvalue weighted by atomic mass is 10.1. The lowest BCUT2D eigenvalue weighted by Gasteiger charge is -2.47. The van der Waals surface area contributed by atoms with Crippen LogP contribution in [-0.4, -0.2) is 65.7 Å². The molecule has 4 heterocycles. The van der Waals surface area contributed by atoms with E-state index in [-0.39, 0.29) is 18.4 Å². The maximum absolute atomic E-state index is 12.9. The number of pyridine rings is 1. The molecule has 2 aromatic heterocycles. The van der Waals surface area contributed by atoms with E-state index in [9.17, 15) is 24.6 Å². The van der Waals surface area contributed by atoms with Gasteiger partial charge in [-0.15, -0.1) is 0 Å². The molecular weight excluding hydrogens is 342 g/mol. The SMILES string of the molecule is O=C(O)c1cn2c(c(O)c1=O)C(=O)N1CCCN(Cc3cnc[nH]3)C1C2. The normalized spacial score (nSPS) is 19.9. The molecule has 2 aliphatic heterocycles. The van der Waals surface area contributed by atoms with Gasteiger partial charge in [0.15, 0.2) is 11.4 Å². The van der Waals surface area contributed by atoms with Crippen molar-refractivity contribution in [1.29, 1.82) is 0 Å². The number of carboxylic acids is 1. The molecule has 0 aliphatic carbocycles. The first kappa shape index (κ1) is 16.3. The summed E-state index contributed by atoms with van der Waals surface area (Å²) in [4.78, 5) is 46.9. The molecule has 1 unspecified atom stereocenters. The summed E-state index contributed by atoms with van der Waals surface area (Å²) in [7, 11) is 0. The number of aromatic amines is 1. The molecule has 10 heteroatoms. The standard InChI is InChI=1S/C16H17N5O5/c22-13-10(16(25)26)6-20-7-11-19(5-9-4-17-8-18-9)2-1-3-21(11)15(24)12(20)14(13)23/h4,6,8,11,23H,1-3,5,7H2,(H,17,18)(H,25,26). The van der Waals surface area contributed by atoms with Crippen molar-refractivity contribution in [2.45, 2.75) is 25.7 Å². The highest BCUT2D eigenvalue weighted by molar-refractivity contribution is 5.97. The number of amides is 1. The van der Waals surface area contributed by atoms with E-state index in [1.165, 1.54) is 4.57 Å². The minimum Gasteiger partial charge on any atom is -0.503 e. The smallest absolute Gasteiger partial charge is 0.341 e. The summed E-state index contributed by atoms with van der Waals surface area (Å²) >= 11 is 0. The summed E-state index contributed by atoms with van der Waals surface area (Å²) in [6.45, 7) is 2.10. The van der Waals surface area contributed by atoms with Crippen LogP contribution in [0.1, 0.15) is 33.0 Å². The van der Waals surface area contributed by atoms with Crippen LogP contribution >= 0.6 is 0 Å². The summed E-state index contributed by atoms with van der Waals surface area (Å²) in [5.41, 5.74) is -0.844. The van der Waals surface area contributed by atoms with Crippen LogP contribution in [0.25, 0.3) is 0 Å². The molecule has 0 spiro atoms. The first-order valence-electron chi connectivity index (χ1n) is 8.19. The van der Waals surface area contributed by atoms with Crippen molar-refractivity contribution < 1.29 is 19.8 Å². The maximum atomic E-state index is 12.9. The third kappa shape index (κ3) is 2.46. The Hall–Kier alpha value is -3.14. The summed E-state index contributed by atoms with van der Waals surface area (Å²) in [6, 6.07) is 0. The number of nitrogens with zero attached hydrogens (tertiary/aromatic N) is 4. The Morgan fingerprint density at radius 2 is 2.15 bits per heavy atom. The molecular formula is C16H17N5O5. The van der Waals surface area contributed by atoms with Crippen LogP contribution in [0, 0.1) is 0 Å². The van der Waals surface area contributed by atoms with Gasteiger partial charge < -0.3 is 24.7 Å². The maximum Gasteiger partial charge on any atom is 0.341 e. The summed E-state index contributed by atoms with van der Waals surface area (Å²) in [6.07, 6.45) is 4.89. The lowest BCUT2D eigenvalue weighted by Crippen LogP contribution is -2.60. The van der Waals surface area contributed by atoms with Gasteiger partial charge in [0.05, 0.1) is 12.9 Å². The second-order valence-electron chi connectivity index (χ2n) is 6.41. The van der Waals surface area contributed by atoms with Gasteiger partial charge >= 0.3 is 5.97 Å². The molecule has 10 nitrogen and oxygen atoms in total. The summed E-state index contributed by atoms with van der Waals surface area (Å²) in [5, 5.41) is 19.3. The topological polar surface area (TPSA) is 132 Å². The van der Waals surface area contributed by atoms with Crippen LogP contribution in [0.2, 0.25) is 0 Å². The number of H-pyrrole nitrogens is 1. The van der Waals surface area contributed by atoms with Crippen molar-refractivity contribution >= 4 is 11.9 Å². The van der Waals surface area contributed by atoms with Crippen LogP contribution in [0.3, 0.4) is 0 Å². The molecule has 26 heavy (non-hydrogen) atoms. The predicted octanol–water partition coefficient (Wildman–Crippen LogP) is -0.337. The van der Waals surface area contributed by atoms with E-state index < -0.39 is 28.6 Å². The molecule has 2 aromatic rings. The second-order valence-corrected chi connectivity index (χ2v) is 6.41. The van der Waals surface area contributed by atoms with E-state index in [2.05, 4.69) is 14.9 Å². The Bertz CT molecular complexity index is 935. The second kappa shape index (κ2) is 5.99. The van der Waals surface area contributed by atoms with Gasteiger partial charge in [-0.25, -0.2) is 9.78 Å². The van der Waals surface area contributed by atoms with Crippen LogP contribution in [0.4, 0.5) is 0 Å². The first-order chi connectivity index (χ1) is 12.5. The Labute approximate surface area is 147 Å². The molecule has 1 saturated heterocycles. The Morgan fingerprint density at radius 3 is 2.85 bits per heavy atom. The number of carboxylic acid groups (broad SMARTS) is 1. The van der Waals surface area contributed by atoms with Crippen molar-refractivity contribution in [3.63, 3.8) is 0 Å². The number of aromatic nitrogens is 3. The van der Waals surface area contributed by atoms with E-state index in [0.29, 0.717) is 13.1 Å². The van der Waals surface area contributed by atoms with Gasteiger partial charge in [-0.3, -0.25) is 14.5 Å². The van der Waals surface area contributed by atoms with E-state index >= 15 is 0 Å². The summed E-state index contributed by atoms with van der Waals surface area (Å²) in [5.74, 6) is -2.71. The van der Waals surface area contributed by atoms with Crippen molar-refractivity contribution in [2.75, 3.05) is 13.1 Å². The molecule has 3 N–H and O–H groups in total. The number of aromatic carboxylic acids is 1. The van der Waals surface area contributed by atoms with E-state index in [1.807, 2.05) is 0 Å². The van der Waals surface area contributed by atoms with E-state index in [4.69, 9.17) is 0 Å². The average Bonchev–Trinajstić information content (AvgIpc) is 3.11. The molecule has 1 atom stereocenters. The molecule has 0 bridgehead atoms. The van der Waals surface area contributed by atoms with E-state index in [0.717, 1.165) is 24.9 Å². The average molecular weight is 359 g/mol. The van der Waals surface area contributed by atoms with Crippen molar-refractivity contribution in [3.8, 4) is 5.75 Å². The largest absolute Gasteiger partial charge is 0.503 e. The molecule has 136 valence electrons. The van der Waals surface area contributed by atoms with Crippen molar-refractivity contribution in [2.24, 2.45) is 0 Å². The first-order valence-corrected chi connectivity index (χ1v) is 8.19. The lowest BCUT2D eigenvalue weighted by molar-refractivity contribution is -0.0145. The van der Waals surface area contributed by atoms with Gasteiger partial charge in [-0.05, 0) is 6.42 Å². The highest BCUT2D eigenvalue weighted by Gasteiger charge is 2.40. The number of hydrogen-bond donors (Lipinski definition) is 3. The number of carbonyl (C=O) groups is 2.